The van der Waals surface area contributed by atoms with E-state index in [1.807, 2.05) is 13.1 Å². The van der Waals surface area contributed by atoms with Crippen molar-refractivity contribution in [2.24, 2.45) is 0 Å². The third kappa shape index (κ3) is 5.03. The molecular weight excluding hydrogens is 238 g/mol. The van der Waals surface area contributed by atoms with Gasteiger partial charge in [0.15, 0.2) is 0 Å². The molecule has 1 heterocycles. The average molecular weight is 265 g/mol. The molecule has 0 saturated heterocycles. The number of aromatic nitrogens is 2. The molecule has 0 aromatic carbocycles. The lowest BCUT2D eigenvalue weighted by atomic mass is 10.3. The van der Waals surface area contributed by atoms with Crippen molar-refractivity contribution in [1.82, 2.24) is 14.9 Å². The highest BCUT2D eigenvalue weighted by Crippen LogP contribution is 2.16. The molecule has 0 unspecified atom stereocenters. The van der Waals surface area contributed by atoms with E-state index >= 15 is 0 Å². The Labute approximate surface area is 117 Å². The topological polar surface area (TPSA) is 44.3 Å². The van der Waals surface area contributed by atoms with Crippen LogP contribution in [0.15, 0.2) is 6.07 Å². The fraction of sp³-hybridized carbons (Fsp3) is 0.714. The standard InChI is InChI=1S/C14H27N5/c1-6-8-19(10-9-18(4)5)14-11-13(15-3)16-12(7-2)17-14/h11H,6-10H2,1-5H3,(H,15,16,17). The average Bonchev–Trinajstić information content (AvgIpc) is 2.42. The van der Waals surface area contributed by atoms with Crippen molar-refractivity contribution in [3.05, 3.63) is 11.9 Å². The molecule has 0 aliphatic rings. The maximum atomic E-state index is 4.65. The van der Waals surface area contributed by atoms with Gasteiger partial charge in [0.25, 0.3) is 0 Å². The Hall–Kier alpha value is -1.36. The minimum atomic E-state index is 0.857. The molecule has 0 fully saturated rings. The molecule has 0 atom stereocenters. The minimum Gasteiger partial charge on any atom is -0.373 e. The van der Waals surface area contributed by atoms with Crippen LogP contribution in [-0.2, 0) is 6.42 Å². The molecular formula is C14H27N5. The summed E-state index contributed by atoms with van der Waals surface area (Å²) in [5, 5.41) is 3.12. The zero-order chi connectivity index (χ0) is 14.3. The summed E-state index contributed by atoms with van der Waals surface area (Å²) in [6.07, 6.45) is 1.98. The highest BCUT2D eigenvalue weighted by atomic mass is 15.2. The highest BCUT2D eigenvalue weighted by Gasteiger charge is 2.10. The van der Waals surface area contributed by atoms with Crippen LogP contribution in [0.5, 0.6) is 0 Å². The number of hydrogen-bond donors (Lipinski definition) is 1. The molecule has 5 heteroatoms. The number of aryl methyl sites for hydroxylation is 1. The Morgan fingerprint density at radius 1 is 1.11 bits per heavy atom. The molecule has 0 bridgehead atoms. The lowest BCUT2D eigenvalue weighted by molar-refractivity contribution is 0.412. The molecule has 0 aliphatic carbocycles. The SMILES string of the molecule is CCCN(CCN(C)C)c1cc(NC)nc(CC)n1. The number of nitrogens with zero attached hydrogens (tertiary/aromatic N) is 4. The predicted octanol–water partition coefficient (Wildman–Crippen LogP) is 1.86. The van der Waals surface area contributed by atoms with Crippen LogP contribution < -0.4 is 10.2 Å². The molecule has 0 saturated carbocycles. The van der Waals surface area contributed by atoms with Crippen molar-refractivity contribution < 1.29 is 0 Å². The lowest BCUT2D eigenvalue weighted by Gasteiger charge is -2.25. The van der Waals surface area contributed by atoms with Gasteiger partial charge in [-0.25, -0.2) is 9.97 Å². The smallest absolute Gasteiger partial charge is 0.134 e. The molecule has 108 valence electrons. The molecule has 1 aromatic rings. The maximum absolute atomic E-state index is 4.65. The van der Waals surface area contributed by atoms with Gasteiger partial charge in [0.2, 0.25) is 0 Å². The first-order valence-corrected chi connectivity index (χ1v) is 7.06. The molecule has 1 rings (SSSR count). The van der Waals surface area contributed by atoms with Gasteiger partial charge in [-0.2, -0.15) is 0 Å². The van der Waals surface area contributed by atoms with E-state index in [0.29, 0.717) is 0 Å². The van der Waals surface area contributed by atoms with Gasteiger partial charge in [0.1, 0.15) is 17.5 Å². The Morgan fingerprint density at radius 2 is 1.84 bits per heavy atom. The van der Waals surface area contributed by atoms with Crippen molar-refractivity contribution in [2.45, 2.75) is 26.7 Å². The fourth-order valence-corrected chi connectivity index (χ4v) is 1.86. The second-order valence-corrected chi connectivity index (χ2v) is 4.92. The van der Waals surface area contributed by atoms with Gasteiger partial charge in [-0.15, -0.1) is 0 Å². The van der Waals surface area contributed by atoms with Crippen LogP contribution in [0.1, 0.15) is 26.1 Å². The van der Waals surface area contributed by atoms with Crippen LogP contribution in [-0.4, -0.2) is 55.6 Å². The Morgan fingerprint density at radius 3 is 2.37 bits per heavy atom. The third-order valence-electron chi connectivity index (χ3n) is 2.97. The molecule has 1 N–H and O–H groups in total. The summed E-state index contributed by atoms with van der Waals surface area (Å²) in [5.41, 5.74) is 0. The van der Waals surface area contributed by atoms with Gasteiger partial charge in [-0.3, -0.25) is 0 Å². The van der Waals surface area contributed by atoms with Gasteiger partial charge >= 0.3 is 0 Å². The number of nitrogens with one attached hydrogen (secondary N) is 1. The Balaban J connectivity index is 2.92. The molecule has 0 spiro atoms. The molecule has 0 aliphatic heterocycles. The fourth-order valence-electron chi connectivity index (χ4n) is 1.86. The van der Waals surface area contributed by atoms with Gasteiger partial charge < -0.3 is 15.1 Å². The monoisotopic (exact) mass is 265 g/mol. The van der Waals surface area contributed by atoms with E-state index in [9.17, 15) is 0 Å². The Kier molecular flexibility index (Phi) is 6.56. The number of hydrogen-bond acceptors (Lipinski definition) is 5. The van der Waals surface area contributed by atoms with E-state index in [4.69, 9.17) is 0 Å². The summed E-state index contributed by atoms with van der Waals surface area (Å²) in [7, 11) is 6.09. The van der Waals surface area contributed by atoms with Gasteiger partial charge in [-0.1, -0.05) is 13.8 Å². The van der Waals surface area contributed by atoms with Crippen LogP contribution in [0.25, 0.3) is 0 Å². The van der Waals surface area contributed by atoms with Crippen molar-refractivity contribution in [3.63, 3.8) is 0 Å². The van der Waals surface area contributed by atoms with Crippen molar-refractivity contribution in [2.75, 3.05) is 51.0 Å². The van der Waals surface area contributed by atoms with Crippen LogP contribution >= 0.6 is 0 Å². The van der Waals surface area contributed by atoms with Gasteiger partial charge in [0, 0.05) is 39.2 Å². The van der Waals surface area contributed by atoms with E-state index in [2.05, 4.69) is 53.0 Å². The summed E-state index contributed by atoms with van der Waals surface area (Å²) < 4.78 is 0. The van der Waals surface area contributed by atoms with Gasteiger partial charge in [-0.05, 0) is 20.5 Å². The molecule has 0 radical (unpaired) electrons. The van der Waals surface area contributed by atoms with Crippen LogP contribution in [0.2, 0.25) is 0 Å². The lowest BCUT2D eigenvalue weighted by Crippen LogP contribution is -2.33. The highest BCUT2D eigenvalue weighted by molar-refractivity contribution is 5.49. The first-order valence-electron chi connectivity index (χ1n) is 7.06. The van der Waals surface area contributed by atoms with Crippen molar-refractivity contribution in [3.8, 4) is 0 Å². The largest absolute Gasteiger partial charge is 0.373 e. The number of anilines is 2. The van der Waals surface area contributed by atoms with Crippen LogP contribution in [0.4, 0.5) is 11.6 Å². The predicted molar refractivity (Wildman–Crippen MR) is 82.0 cm³/mol. The molecule has 0 amide bonds. The first-order chi connectivity index (χ1) is 9.10. The van der Waals surface area contributed by atoms with E-state index in [0.717, 1.165) is 49.9 Å². The normalized spacial score (nSPS) is 10.8. The summed E-state index contributed by atoms with van der Waals surface area (Å²) in [6.45, 7) is 7.33. The summed E-state index contributed by atoms with van der Waals surface area (Å²) in [5.74, 6) is 2.82. The van der Waals surface area contributed by atoms with E-state index in [-0.39, 0.29) is 0 Å². The summed E-state index contributed by atoms with van der Waals surface area (Å²) >= 11 is 0. The van der Waals surface area contributed by atoms with Crippen LogP contribution in [0, 0.1) is 0 Å². The van der Waals surface area contributed by atoms with E-state index < -0.39 is 0 Å². The maximum Gasteiger partial charge on any atom is 0.134 e. The molecule has 19 heavy (non-hydrogen) atoms. The second-order valence-electron chi connectivity index (χ2n) is 4.92. The summed E-state index contributed by atoms with van der Waals surface area (Å²) in [4.78, 5) is 13.6. The Bertz CT molecular complexity index is 356. The van der Waals surface area contributed by atoms with E-state index in [1.54, 1.807) is 0 Å². The van der Waals surface area contributed by atoms with E-state index in [1.165, 1.54) is 0 Å². The molecule has 5 nitrogen and oxygen atoms in total. The third-order valence-corrected chi connectivity index (χ3v) is 2.97. The van der Waals surface area contributed by atoms with Gasteiger partial charge in [0.05, 0.1) is 0 Å². The quantitative estimate of drug-likeness (QED) is 0.777. The van der Waals surface area contributed by atoms with Crippen LogP contribution in [0.3, 0.4) is 0 Å². The second kappa shape index (κ2) is 7.94. The zero-order valence-electron chi connectivity index (χ0n) is 12.9. The number of likely N-dealkylation sites (N-methyl/N-ethyl adjacent to an activating group) is 1. The first kappa shape index (κ1) is 15.7. The van der Waals surface area contributed by atoms with Crippen molar-refractivity contribution >= 4 is 11.6 Å². The summed E-state index contributed by atoms with van der Waals surface area (Å²) in [6, 6.07) is 2.03. The minimum absolute atomic E-state index is 0.857. The molecule has 1 aromatic heterocycles. The van der Waals surface area contributed by atoms with Crippen molar-refractivity contribution in [1.29, 1.82) is 0 Å². The number of rotatable bonds is 8. The zero-order valence-corrected chi connectivity index (χ0v) is 12.9.